The zero-order valence-corrected chi connectivity index (χ0v) is 10.7. The van der Waals surface area contributed by atoms with Gasteiger partial charge in [0.1, 0.15) is 5.75 Å². The lowest BCUT2D eigenvalue weighted by molar-refractivity contribution is 0.101. The van der Waals surface area contributed by atoms with Crippen molar-refractivity contribution >= 4 is 11.9 Å². The molecule has 1 N–H and O–H groups in total. The van der Waals surface area contributed by atoms with Crippen LogP contribution in [0.15, 0.2) is 24.3 Å². The van der Waals surface area contributed by atoms with Crippen molar-refractivity contribution in [2.75, 3.05) is 7.11 Å². The van der Waals surface area contributed by atoms with Gasteiger partial charge in [-0.15, -0.1) is 0 Å². The maximum atomic E-state index is 11.3. The first kappa shape index (κ1) is 13.5. The van der Waals surface area contributed by atoms with Crippen LogP contribution in [0.1, 0.15) is 36.7 Å². The van der Waals surface area contributed by atoms with Crippen LogP contribution in [0, 0.1) is 0 Å². The largest absolute Gasteiger partial charge is 0.496 e. The highest BCUT2D eigenvalue weighted by Crippen LogP contribution is 2.22. The summed E-state index contributed by atoms with van der Waals surface area (Å²) in [6, 6.07) is 5.23. The predicted molar refractivity (Wildman–Crippen MR) is 68.3 cm³/mol. The molecule has 0 amide bonds. The van der Waals surface area contributed by atoms with Gasteiger partial charge in [-0.1, -0.05) is 12.2 Å². The fourth-order valence-corrected chi connectivity index (χ4v) is 1.38. The van der Waals surface area contributed by atoms with Crippen LogP contribution in [0.2, 0.25) is 0 Å². The lowest BCUT2D eigenvalue weighted by Crippen LogP contribution is -2.13. The molecule has 92 valence electrons. The molecule has 0 saturated heterocycles. The van der Waals surface area contributed by atoms with Crippen LogP contribution in [0.25, 0.3) is 6.08 Å². The second-order valence-electron chi connectivity index (χ2n) is 4.50. The minimum absolute atomic E-state index is 0.00515. The number of Topliss-reactive ketones (excluding diaryl/α,β-unsaturated/α-hetero) is 1. The second-order valence-corrected chi connectivity index (χ2v) is 4.50. The maximum Gasteiger partial charge on any atom is 0.159 e. The van der Waals surface area contributed by atoms with Crippen LogP contribution < -0.4 is 4.74 Å². The molecule has 0 spiro atoms. The quantitative estimate of drug-likeness (QED) is 0.815. The highest BCUT2D eigenvalue weighted by molar-refractivity contribution is 5.95. The summed E-state index contributed by atoms with van der Waals surface area (Å²) in [6.07, 6.45) is 3.42. The summed E-state index contributed by atoms with van der Waals surface area (Å²) in [7, 11) is 1.57. The molecule has 0 aliphatic carbocycles. The zero-order chi connectivity index (χ0) is 13.1. The number of ketones is 1. The number of carbonyl (C=O) groups is 1. The smallest absolute Gasteiger partial charge is 0.159 e. The van der Waals surface area contributed by atoms with Gasteiger partial charge in [0.05, 0.1) is 12.7 Å². The Kier molecular flexibility index (Phi) is 4.07. The Balaban J connectivity index is 3.15. The molecule has 1 aromatic rings. The number of methoxy groups -OCH3 is 1. The van der Waals surface area contributed by atoms with E-state index in [1.54, 1.807) is 51.3 Å². The monoisotopic (exact) mass is 234 g/mol. The van der Waals surface area contributed by atoms with Gasteiger partial charge >= 0.3 is 0 Å². The third-order valence-corrected chi connectivity index (χ3v) is 2.31. The first-order chi connectivity index (χ1) is 7.83. The highest BCUT2D eigenvalue weighted by Gasteiger charge is 2.09. The molecule has 3 heteroatoms. The molecule has 1 rings (SSSR count). The number of benzene rings is 1. The molecular weight excluding hydrogens is 216 g/mol. The van der Waals surface area contributed by atoms with Crippen LogP contribution >= 0.6 is 0 Å². The molecular formula is C14H18O3. The summed E-state index contributed by atoms with van der Waals surface area (Å²) in [4.78, 5) is 11.3. The summed E-state index contributed by atoms with van der Waals surface area (Å²) in [5.74, 6) is 0.682. The van der Waals surface area contributed by atoms with Crippen molar-refractivity contribution in [3.05, 3.63) is 35.4 Å². The van der Waals surface area contributed by atoms with Crippen LogP contribution in [-0.2, 0) is 0 Å². The van der Waals surface area contributed by atoms with Gasteiger partial charge in [-0.05, 0) is 39.0 Å². The summed E-state index contributed by atoms with van der Waals surface area (Å²) >= 11 is 0. The third-order valence-electron chi connectivity index (χ3n) is 2.31. The van der Waals surface area contributed by atoms with Gasteiger partial charge in [-0.2, -0.15) is 0 Å². The Labute approximate surface area is 102 Å². The van der Waals surface area contributed by atoms with E-state index in [0.717, 1.165) is 5.56 Å². The van der Waals surface area contributed by atoms with Gasteiger partial charge in [-0.3, -0.25) is 4.79 Å². The number of hydrogen-bond acceptors (Lipinski definition) is 3. The van der Waals surface area contributed by atoms with E-state index in [9.17, 15) is 9.90 Å². The molecule has 3 nitrogen and oxygen atoms in total. The van der Waals surface area contributed by atoms with Gasteiger partial charge in [0, 0.05) is 11.1 Å². The van der Waals surface area contributed by atoms with E-state index < -0.39 is 5.60 Å². The van der Waals surface area contributed by atoms with Crippen LogP contribution in [0.4, 0.5) is 0 Å². The van der Waals surface area contributed by atoms with Crippen molar-refractivity contribution in [2.24, 2.45) is 0 Å². The lowest BCUT2D eigenvalue weighted by atomic mass is 10.0. The average molecular weight is 234 g/mol. The van der Waals surface area contributed by atoms with Gasteiger partial charge in [0.2, 0.25) is 0 Å². The Morgan fingerprint density at radius 3 is 2.53 bits per heavy atom. The molecule has 1 aromatic carbocycles. The van der Waals surface area contributed by atoms with Crippen molar-refractivity contribution in [3.8, 4) is 5.75 Å². The highest BCUT2D eigenvalue weighted by atomic mass is 16.5. The zero-order valence-electron chi connectivity index (χ0n) is 10.7. The number of carbonyl (C=O) groups excluding carboxylic acids is 1. The molecule has 0 saturated carbocycles. The molecule has 17 heavy (non-hydrogen) atoms. The van der Waals surface area contributed by atoms with E-state index in [-0.39, 0.29) is 5.78 Å². The molecule has 0 heterocycles. The van der Waals surface area contributed by atoms with E-state index in [0.29, 0.717) is 11.3 Å². The molecule has 0 aliphatic heterocycles. The van der Waals surface area contributed by atoms with Crippen molar-refractivity contribution in [2.45, 2.75) is 26.4 Å². The predicted octanol–water partition coefficient (Wildman–Crippen LogP) is 2.68. The Hall–Kier alpha value is -1.61. The topological polar surface area (TPSA) is 46.5 Å². The van der Waals surface area contributed by atoms with E-state index in [1.165, 1.54) is 6.92 Å². The standard InChI is InChI=1S/C14H18O3/c1-10(15)11-5-6-13(17-4)12(9-11)7-8-14(2,3)16/h5-9,16H,1-4H3. The molecule has 0 aliphatic rings. The number of aliphatic hydroxyl groups is 1. The SMILES string of the molecule is COc1ccc(C(C)=O)cc1C=CC(C)(C)O. The van der Waals surface area contributed by atoms with Crippen molar-refractivity contribution in [1.29, 1.82) is 0 Å². The molecule has 0 radical (unpaired) electrons. The molecule has 0 unspecified atom stereocenters. The summed E-state index contributed by atoms with van der Waals surface area (Å²) in [5, 5.41) is 9.63. The van der Waals surface area contributed by atoms with Gasteiger partial charge in [0.25, 0.3) is 0 Å². The summed E-state index contributed by atoms with van der Waals surface area (Å²) in [6.45, 7) is 4.89. The Bertz CT molecular complexity index is 439. The first-order valence-electron chi connectivity index (χ1n) is 5.44. The molecule has 0 aromatic heterocycles. The van der Waals surface area contributed by atoms with Gasteiger partial charge in [0.15, 0.2) is 5.78 Å². The van der Waals surface area contributed by atoms with Crippen molar-refractivity contribution in [3.63, 3.8) is 0 Å². The van der Waals surface area contributed by atoms with Gasteiger partial charge in [-0.25, -0.2) is 0 Å². The third kappa shape index (κ3) is 4.04. The van der Waals surface area contributed by atoms with Crippen LogP contribution in [0.3, 0.4) is 0 Å². The van der Waals surface area contributed by atoms with E-state index in [1.807, 2.05) is 0 Å². The maximum absolute atomic E-state index is 11.3. The fraction of sp³-hybridized carbons (Fsp3) is 0.357. The van der Waals surface area contributed by atoms with Crippen LogP contribution in [-0.4, -0.2) is 23.6 Å². The van der Waals surface area contributed by atoms with Crippen molar-refractivity contribution < 1.29 is 14.6 Å². The average Bonchev–Trinajstić information content (AvgIpc) is 2.24. The van der Waals surface area contributed by atoms with E-state index in [2.05, 4.69) is 0 Å². The molecule has 0 fully saturated rings. The van der Waals surface area contributed by atoms with Crippen molar-refractivity contribution in [1.82, 2.24) is 0 Å². The molecule has 0 atom stereocenters. The minimum Gasteiger partial charge on any atom is -0.496 e. The number of hydrogen-bond donors (Lipinski definition) is 1. The minimum atomic E-state index is -0.892. The summed E-state index contributed by atoms with van der Waals surface area (Å²) < 4.78 is 5.20. The van der Waals surface area contributed by atoms with E-state index >= 15 is 0 Å². The lowest BCUT2D eigenvalue weighted by Gasteiger charge is -2.11. The molecule has 0 bridgehead atoms. The van der Waals surface area contributed by atoms with E-state index in [4.69, 9.17) is 4.74 Å². The first-order valence-corrected chi connectivity index (χ1v) is 5.44. The summed E-state index contributed by atoms with van der Waals surface area (Å²) in [5.41, 5.74) is 0.514. The Morgan fingerprint density at radius 2 is 2.06 bits per heavy atom. The number of rotatable bonds is 4. The number of ether oxygens (including phenoxy) is 1. The van der Waals surface area contributed by atoms with Gasteiger partial charge < -0.3 is 9.84 Å². The Morgan fingerprint density at radius 1 is 1.41 bits per heavy atom. The van der Waals surface area contributed by atoms with Crippen LogP contribution in [0.5, 0.6) is 5.75 Å². The second kappa shape index (κ2) is 5.15. The fourth-order valence-electron chi connectivity index (χ4n) is 1.38. The normalized spacial score (nSPS) is 11.8.